The van der Waals surface area contributed by atoms with Crippen molar-refractivity contribution in [2.24, 2.45) is 0 Å². The summed E-state index contributed by atoms with van der Waals surface area (Å²) < 4.78 is 6.34. The number of hydrogen-bond donors (Lipinski definition) is 0. The molecule has 0 bridgehead atoms. The molecule has 1 aromatic carbocycles. The minimum Gasteiger partial charge on any atom is -0.497 e. The molecule has 0 N–H and O–H groups in total. The minimum atomic E-state index is 0.729. The van der Waals surface area contributed by atoms with Crippen LogP contribution in [0.1, 0.15) is 5.56 Å². The summed E-state index contributed by atoms with van der Waals surface area (Å²) in [6.45, 7) is 0. The third-order valence-corrected chi connectivity index (χ3v) is 4.42. The van der Waals surface area contributed by atoms with Crippen molar-refractivity contribution in [3.05, 3.63) is 41.4 Å². The highest BCUT2D eigenvalue weighted by Gasteiger charge is 2.08. The number of fused-ring (bicyclic) bond motifs is 1. The summed E-state index contributed by atoms with van der Waals surface area (Å²) in [6.07, 6.45) is 1.88. The second kappa shape index (κ2) is 5.27. The van der Waals surface area contributed by atoms with Gasteiger partial charge in [-0.05, 0) is 23.1 Å². The molecular formula is C14H11BrN2OS. The number of ether oxygens (including phenoxy) is 1. The van der Waals surface area contributed by atoms with E-state index in [4.69, 9.17) is 4.74 Å². The van der Waals surface area contributed by atoms with E-state index in [2.05, 4.69) is 31.3 Å². The van der Waals surface area contributed by atoms with Gasteiger partial charge in [0.15, 0.2) is 5.82 Å². The van der Waals surface area contributed by atoms with E-state index in [9.17, 15) is 0 Å². The standard InChI is InChI=1S/C14H11BrN2OS/c1-18-11-4-2-3-9(5-11)14-16-7-12-13(17-14)10(6-15)8-19-12/h2-5,7-8H,6H2,1H3. The van der Waals surface area contributed by atoms with Gasteiger partial charge in [0, 0.05) is 17.1 Å². The van der Waals surface area contributed by atoms with E-state index in [1.807, 2.05) is 30.5 Å². The van der Waals surface area contributed by atoms with Gasteiger partial charge in [0.2, 0.25) is 0 Å². The summed E-state index contributed by atoms with van der Waals surface area (Å²) >= 11 is 5.16. The van der Waals surface area contributed by atoms with Gasteiger partial charge in [0.05, 0.1) is 17.3 Å². The highest BCUT2D eigenvalue weighted by atomic mass is 79.9. The maximum absolute atomic E-state index is 5.23. The molecule has 0 aliphatic carbocycles. The average molecular weight is 335 g/mol. The van der Waals surface area contributed by atoms with Crippen LogP contribution in [-0.4, -0.2) is 17.1 Å². The van der Waals surface area contributed by atoms with Crippen molar-refractivity contribution in [3.8, 4) is 17.1 Å². The Balaban J connectivity index is 2.13. The van der Waals surface area contributed by atoms with Crippen molar-refractivity contribution < 1.29 is 4.74 Å². The van der Waals surface area contributed by atoms with Gasteiger partial charge >= 0.3 is 0 Å². The molecule has 2 aromatic heterocycles. The van der Waals surface area contributed by atoms with Crippen molar-refractivity contribution in [3.63, 3.8) is 0 Å². The molecule has 0 saturated carbocycles. The molecule has 0 radical (unpaired) electrons. The number of benzene rings is 1. The molecule has 0 aliphatic heterocycles. The van der Waals surface area contributed by atoms with Gasteiger partial charge in [-0.1, -0.05) is 28.1 Å². The van der Waals surface area contributed by atoms with E-state index >= 15 is 0 Å². The highest BCUT2D eigenvalue weighted by Crippen LogP contribution is 2.28. The first-order valence-corrected chi connectivity index (χ1v) is 7.75. The molecule has 0 unspecified atom stereocenters. The number of rotatable bonds is 3. The maximum Gasteiger partial charge on any atom is 0.159 e. The number of thiophene rings is 1. The fraction of sp³-hybridized carbons (Fsp3) is 0.143. The van der Waals surface area contributed by atoms with Gasteiger partial charge in [0.1, 0.15) is 5.75 Å². The first-order valence-electron chi connectivity index (χ1n) is 5.75. The quantitative estimate of drug-likeness (QED) is 0.671. The van der Waals surface area contributed by atoms with Crippen LogP contribution in [-0.2, 0) is 5.33 Å². The molecule has 0 atom stereocenters. The summed E-state index contributed by atoms with van der Waals surface area (Å²) in [6, 6.07) is 7.79. The molecule has 3 aromatic rings. The Labute approximate surface area is 123 Å². The number of nitrogens with zero attached hydrogens (tertiary/aromatic N) is 2. The van der Waals surface area contributed by atoms with Gasteiger partial charge in [-0.3, -0.25) is 0 Å². The fourth-order valence-electron chi connectivity index (χ4n) is 1.87. The molecule has 19 heavy (non-hydrogen) atoms. The van der Waals surface area contributed by atoms with E-state index in [0.717, 1.165) is 32.7 Å². The van der Waals surface area contributed by atoms with Crippen LogP contribution in [0.15, 0.2) is 35.8 Å². The van der Waals surface area contributed by atoms with Crippen molar-refractivity contribution in [2.75, 3.05) is 7.11 Å². The zero-order valence-electron chi connectivity index (χ0n) is 10.3. The Morgan fingerprint density at radius 1 is 1.37 bits per heavy atom. The van der Waals surface area contributed by atoms with Gasteiger partial charge in [-0.2, -0.15) is 0 Å². The predicted octanol–water partition coefficient (Wildman–Crippen LogP) is 4.26. The second-order valence-electron chi connectivity index (χ2n) is 4.03. The number of aromatic nitrogens is 2. The van der Waals surface area contributed by atoms with Crippen molar-refractivity contribution in [1.29, 1.82) is 0 Å². The Morgan fingerprint density at radius 2 is 2.26 bits per heavy atom. The summed E-state index contributed by atoms with van der Waals surface area (Å²) in [4.78, 5) is 9.09. The third-order valence-electron chi connectivity index (χ3n) is 2.86. The molecule has 0 saturated heterocycles. The fourth-order valence-corrected chi connectivity index (χ4v) is 3.38. The Morgan fingerprint density at radius 3 is 3.05 bits per heavy atom. The largest absolute Gasteiger partial charge is 0.497 e. The van der Waals surface area contributed by atoms with Crippen LogP contribution in [0.25, 0.3) is 21.6 Å². The topological polar surface area (TPSA) is 35.0 Å². The van der Waals surface area contributed by atoms with Crippen molar-refractivity contribution >= 4 is 37.5 Å². The summed E-state index contributed by atoms with van der Waals surface area (Å²) in [5.41, 5.74) is 3.19. The number of halogens is 1. The van der Waals surface area contributed by atoms with Gasteiger partial charge in [-0.25, -0.2) is 9.97 Å². The smallest absolute Gasteiger partial charge is 0.159 e. The molecule has 3 nitrogen and oxygen atoms in total. The molecule has 5 heteroatoms. The highest BCUT2D eigenvalue weighted by molar-refractivity contribution is 9.08. The van der Waals surface area contributed by atoms with Crippen LogP contribution in [0.3, 0.4) is 0 Å². The van der Waals surface area contributed by atoms with Crippen LogP contribution < -0.4 is 4.74 Å². The van der Waals surface area contributed by atoms with E-state index in [0.29, 0.717) is 0 Å². The Kier molecular flexibility index (Phi) is 3.48. The van der Waals surface area contributed by atoms with E-state index in [1.165, 1.54) is 5.56 Å². The molecule has 3 rings (SSSR count). The maximum atomic E-state index is 5.23. The van der Waals surface area contributed by atoms with Crippen LogP contribution in [0.2, 0.25) is 0 Å². The molecule has 0 aliphatic rings. The Hall–Kier alpha value is -1.46. The monoisotopic (exact) mass is 334 g/mol. The lowest BCUT2D eigenvalue weighted by Crippen LogP contribution is -1.90. The minimum absolute atomic E-state index is 0.729. The zero-order valence-corrected chi connectivity index (χ0v) is 12.7. The number of methoxy groups -OCH3 is 1. The van der Waals surface area contributed by atoms with Gasteiger partial charge in [0.25, 0.3) is 0 Å². The van der Waals surface area contributed by atoms with Crippen LogP contribution in [0.5, 0.6) is 5.75 Å². The van der Waals surface area contributed by atoms with Crippen molar-refractivity contribution in [2.45, 2.75) is 5.33 Å². The van der Waals surface area contributed by atoms with Gasteiger partial charge < -0.3 is 4.74 Å². The lowest BCUT2D eigenvalue weighted by Gasteiger charge is -2.03. The zero-order chi connectivity index (χ0) is 13.2. The van der Waals surface area contributed by atoms with Gasteiger partial charge in [-0.15, -0.1) is 11.3 Å². The van der Waals surface area contributed by atoms with E-state index < -0.39 is 0 Å². The lowest BCUT2D eigenvalue weighted by atomic mass is 10.2. The summed E-state index contributed by atoms with van der Waals surface area (Å²) in [5.74, 6) is 1.54. The molecular weight excluding hydrogens is 324 g/mol. The predicted molar refractivity (Wildman–Crippen MR) is 82.0 cm³/mol. The number of hydrogen-bond acceptors (Lipinski definition) is 4. The summed E-state index contributed by atoms with van der Waals surface area (Å²) in [5, 5.41) is 2.92. The third kappa shape index (κ3) is 2.35. The van der Waals surface area contributed by atoms with Crippen LogP contribution in [0.4, 0.5) is 0 Å². The van der Waals surface area contributed by atoms with E-state index in [1.54, 1.807) is 18.4 Å². The first kappa shape index (κ1) is 12.6. The first-order chi connectivity index (χ1) is 9.31. The number of alkyl halides is 1. The molecule has 0 spiro atoms. The average Bonchev–Trinajstić information content (AvgIpc) is 2.89. The second-order valence-corrected chi connectivity index (χ2v) is 5.50. The van der Waals surface area contributed by atoms with E-state index in [-0.39, 0.29) is 0 Å². The molecule has 0 amide bonds. The molecule has 2 heterocycles. The van der Waals surface area contributed by atoms with Crippen LogP contribution >= 0.6 is 27.3 Å². The van der Waals surface area contributed by atoms with Crippen molar-refractivity contribution in [1.82, 2.24) is 9.97 Å². The SMILES string of the molecule is COc1cccc(-c2ncc3scc(CBr)c3n2)c1. The molecule has 0 fully saturated rings. The molecule has 96 valence electrons. The van der Waals surface area contributed by atoms with Crippen LogP contribution in [0, 0.1) is 0 Å². The summed E-state index contributed by atoms with van der Waals surface area (Å²) in [7, 11) is 1.66. The lowest BCUT2D eigenvalue weighted by molar-refractivity contribution is 0.415. The Bertz CT molecular complexity index is 726. The normalized spacial score (nSPS) is 10.8.